The minimum atomic E-state index is -1.04. The Kier molecular flexibility index (Phi) is 4.46. The average Bonchev–Trinajstić information content (AvgIpc) is 2.20. The van der Waals surface area contributed by atoms with E-state index in [0.717, 1.165) is 11.1 Å². The van der Waals surface area contributed by atoms with Crippen LogP contribution in [0.25, 0.3) is 0 Å². The molecular weight excluding hydrogens is 208 g/mol. The van der Waals surface area contributed by atoms with Crippen LogP contribution in [-0.4, -0.2) is 29.4 Å². The Bertz CT molecular complexity index is 373. The molecule has 0 saturated heterocycles. The molecule has 1 aromatic carbocycles. The SMILES string of the molecule is Cc1ccc(C(OCCO)C(=O)O)c(C)c1. The molecule has 4 heteroatoms. The van der Waals surface area contributed by atoms with Crippen LogP contribution >= 0.6 is 0 Å². The molecule has 0 radical (unpaired) electrons. The molecule has 1 aromatic rings. The largest absolute Gasteiger partial charge is 0.479 e. The molecule has 0 heterocycles. The third kappa shape index (κ3) is 3.05. The van der Waals surface area contributed by atoms with E-state index in [4.69, 9.17) is 14.9 Å². The van der Waals surface area contributed by atoms with Crippen LogP contribution in [0.3, 0.4) is 0 Å². The number of aryl methyl sites for hydroxylation is 2. The average molecular weight is 224 g/mol. The molecule has 1 rings (SSSR count). The first-order valence-corrected chi connectivity index (χ1v) is 5.08. The van der Waals surface area contributed by atoms with E-state index in [2.05, 4.69) is 0 Å². The highest BCUT2D eigenvalue weighted by Gasteiger charge is 2.21. The molecule has 1 atom stereocenters. The molecule has 0 aliphatic heterocycles. The second-order valence-corrected chi connectivity index (χ2v) is 3.67. The van der Waals surface area contributed by atoms with E-state index < -0.39 is 12.1 Å². The molecule has 0 aliphatic rings. The van der Waals surface area contributed by atoms with Crippen LogP contribution < -0.4 is 0 Å². The minimum absolute atomic E-state index is 0.0181. The highest BCUT2D eigenvalue weighted by Crippen LogP contribution is 2.22. The van der Waals surface area contributed by atoms with Crippen LogP contribution in [0.5, 0.6) is 0 Å². The van der Waals surface area contributed by atoms with Crippen molar-refractivity contribution in [1.82, 2.24) is 0 Å². The fourth-order valence-electron chi connectivity index (χ4n) is 1.58. The third-order valence-corrected chi connectivity index (χ3v) is 2.31. The highest BCUT2D eigenvalue weighted by atomic mass is 16.5. The van der Waals surface area contributed by atoms with Gasteiger partial charge in [-0.25, -0.2) is 4.79 Å². The predicted molar refractivity (Wildman–Crippen MR) is 59.3 cm³/mol. The number of hydrogen-bond donors (Lipinski definition) is 2. The molecule has 16 heavy (non-hydrogen) atoms. The lowest BCUT2D eigenvalue weighted by Gasteiger charge is -2.16. The van der Waals surface area contributed by atoms with Gasteiger partial charge >= 0.3 is 5.97 Å². The first kappa shape index (κ1) is 12.7. The number of aliphatic carboxylic acids is 1. The van der Waals surface area contributed by atoms with Crippen LogP contribution in [0.4, 0.5) is 0 Å². The highest BCUT2D eigenvalue weighted by molar-refractivity contribution is 5.75. The summed E-state index contributed by atoms with van der Waals surface area (Å²) in [6.45, 7) is 3.63. The maximum atomic E-state index is 11.0. The first-order valence-electron chi connectivity index (χ1n) is 5.08. The molecule has 1 unspecified atom stereocenters. The van der Waals surface area contributed by atoms with Crippen molar-refractivity contribution in [3.05, 3.63) is 34.9 Å². The van der Waals surface area contributed by atoms with E-state index in [1.54, 1.807) is 6.07 Å². The van der Waals surface area contributed by atoms with Gasteiger partial charge in [-0.2, -0.15) is 0 Å². The second-order valence-electron chi connectivity index (χ2n) is 3.67. The normalized spacial score (nSPS) is 12.4. The Morgan fingerprint density at radius 1 is 1.44 bits per heavy atom. The molecule has 0 saturated carbocycles. The Morgan fingerprint density at radius 3 is 2.62 bits per heavy atom. The second kappa shape index (κ2) is 5.63. The Hall–Kier alpha value is -1.39. The molecular formula is C12H16O4. The van der Waals surface area contributed by atoms with Crippen LogP contribution in [0.1, 0.15) is 22.8 Å². The summed E-state index contributed by atoms with van der Waals surface area (Å²) in [5.74, 6) is -1.04. The summed E-state index contributed by atoms with van der Waals surface area (Å²) in [4.78, 5) is 11.0. The van der Waals surface area contributed by atoms with Crippen molar-refractivity contribution >= 4 is 5.97 Å². The van der Waals surface area contributed by atoms with E-state index in [0.29, 0.717) is 5.56 Å². The zero-order valence-electron chi connectivity index (χ0n) is 9.43. The summed E-state index contributed by atoms with van der Waals surface area (Å²) in [6, 6.07) is 5.51. The van der Waals surface area contributed by atoms with E-state index in [9.17, 15) is 4.79 Å². The zero-order valence-corrected chi connectivity index (χ0v) is 9.43. The summed E-state index contributed by atoms with van der Waals surface area (Å²) in [5.41, 5.74) is 2.59. The van der Waals surface area contributed by atoms with E-state index >= 15 is 0 Å². The fourth-order valence-corrected chi connectivity index (χ4v) is 1.58. The van der Waals surface area contributed by atoms with Gasteiger partial charge in [0.1, 0.15) is 0 Å². The van der Waals surface area contributed by atoms with E-state index in [-0.39, 0.29) is 13.2 Å². The Labute approximate surface area is 94.5 Å². The minimum Gasteiger partial charge on any atom is -0.479 e. The third-order valence-electron chi connectivity index (χ3n) is 2.31. The monoisotopic (exact) mass is 224 g/mol. The van der Waals surface area contributed by atoms with Gasteiger partial charge in [0.05, 0.1) is 13.2 Å². The molecule has 0 aliphatic carbocycles. The molecule has 88 valence electrons. The van der Waals surface area contributed by atoms with Crippen LogP contribution in [0.15, 0.2) is 18.2 Å². The molecule has 4 nitrogen and oxygen atoms in total. The Balaban J connectivity index is 2.96. The Morgan fingerprint density at radius 2 is 2.12 bits per heavy atom. The molecule has 0 aromatic heterocycles. The van der Waals surface area contributed by atoms with Gasteiger partial charge in [0.2, 0.25) is 0 Å². The van der Waals surface area contributed by atoms with Crippen molar-refractivity contribution in [2.45, 2.75) is 20.0 Å². The maximum absolute atomic E-state index is 11.0. The number of rotatable bonds is 5. The van der Waals surface area contributed by atoms with Crippen LogP contribution in [0.2, 0.25) is 0 Å². The predicted octanol–water partition coefficient (Wildman–Crippen LogP) is 1.44. The fraction of sp³-hybridized carbons (Fsp3) is 0.417. The lowest BCUT2D eigenvalue weighted by molar-refractivity contribution is -0.151. The number of hydrogen-bond acceptors (Lipinski definition) is 3. The molecule has 0 bridgehead atoms. The van der Waals surface area contributed by atoms with Gasteiger partial charge in [0.15, 0.2) is 6.10 Å². The topological polar surface area (TPSA) is 66.8 Å². The van der Waals surface area contributed by atoms with Gasteiger partial charge in [-0.3, -0.25) is 0 Å². The maximum Gasteiger partial charge on any atom is 0.337 e. The zero-order chi connectivity index (χ0) is 12.1. The lowest BCUT2D eigenvalue weighted by Crippen LogP contribution is -2.18. The quantitative estimate of drug-likeness (QED) is 0.794. The van der Waals surface area contributed by atoms with E-state index in [1.165, 1.54) is 0 Å². The number of carbonyl (C=O) groups is 1. The van der Waals surface area contributed by atoms with Gasteiger partial charge in [0.25, 0.3) is 0 Å². The first-order chi connectivity index (χ1) is 7.56. The number of carboxylic acids is 1. The van der Waals surface area contributed by atoms with Gasteiger partial charge in [-0.15, -0.1) is 0 Å². The number of ether oxygens (including phenoxy) is 1. The summed E-state index contributed by atoms with van der Waals surface area (Å²) in [7, 11) is 0. The van der Waals surface area contributed by atoms with Gasteiger partial charge in [-0.05, 0) is 25.0 Å². The van der Waals surface area contributed by atoms with Crippen molar-refractivity contribution < 1.29 is 19.7 Å². The van der Waals surface area contributed by atoms with Crippen LogP contribution in [-0.2, 0) is 9.53 Å². The smallest absolute Gasteiger partial charge is 0.337 e. The van der Waals surface area contributed by atoms with E-state index in [1.807, 2.05) is 26.0 Å². The lowest BCUT2D eigenvalue weighted by atomic mass is 10.0. The standard InChI is InChI=1S/C12H16O4/c1-8-3-4-10(9(2)7-8)11(12(14)15)16-6-5-13/h3-4,7,11,13H,5-6H2,1-2H3,(H,14,15). The van der Waals surface area contributed by atoms with Gasteiger partial charge in [-0.1, -0.05) is 23.8 Å². The molecule has 2 N–H and O–H groups in total. The molecule has 0 amide bonds. The number of aliphatic hydroxyl groups is 1. The van der Waals surface area contributed by atoms with Crippen molar-refractivity contribution in [2.24, 2.45) is 0 Å². The number of benzene rings is 1. The molecule has 0 fully saturated rings. The van der Waals surface area contributed by atoms with Gasteiger partial charge < -0.3 is 14.9 Å². The van der Waals surface area contributed by atoms with Crippen molar-refractivity contribution in [2.75, 3.05) is 13.2 Å². The summed E-state index contributed by atoms with van der Waals surface area (Å²) in [6.07, 6.45) is -1.01. The van der Waals surface area contributed by atoms with Gasteiger partial charge in [0, 0.05) is 0 Å². The number of carboxylic acid groups (broad SMARTS) is 1. The summed E-state index contributed by atoms with van der Waals surface area (Å²) in [5, 5.41) is 17.7. The van der Waals surface area contributed by atoms with Crippen molar-refractivity contribution in [3.8, 4) is 0 Å². The summed E-state index contributed by atoms with van der Waals surface area (Å²) < 4.78 is 5.11. The van der Waals surface area contributed by atoms with Crippen molar-refractivity contribution in [1.29, 1.82) is 0 Å². The molecule has 0 spiro atoms. The van der Waals surface area contributed by atoms with Crippen molar-refractivity contribution in [3.63, 3.8) is 0 Å². The number of aliphatic hydroxyl groups excluding tert-OH is 1. The van der Waals surface area contributed by atoms with Crippen LogP contribution in [0, 0.1) is 13.8 Å². The summed E-state index contributed by atoms with van der Waals surface area (Å²) >= 11 is 0.